The van der Waals surface area contributed by atoms with Crippen molar-refractivity contribution >= 4 is 45.9 Å². The number of benzene rings is 2. The Hall–Kier alpha value is -4.18. The van der Waals surface area contributed by atoms with Crippen molar-refractivity contribution in [2.75, 3.05) is 15.6 Å². The molecule has 0 saturated carbocycles. The van der Waals surface area contributed by atoms with Crippen LogP contribution in [0.4, 0.5) is 17.3 Å². The van der Waals surface area contributed by atoms with Crippen molar-refractivity contribution in [2.45, 2.75) is 13.0 Å². The lowest BCUT2D eigenvalue weighted by Gasteiger charge is -2.32. The third kappa shape index (κ3) is 3.06. The van der Waals surface area contributed by atoms with Crippen LogP contribution in [0.5, 0.6) is 0 Å². The first-order valence-corrected chi connectivity index (χ1v) is 11.5. The van der Waals surface area contributed by atoms with Gasteiger partial charge in [0.25, 0.3) is 5.91 Å². The Balaban J connectivity index is 1.45. The largest absolute Gasteiger partial charge is 0.385 e. The first-order chi connectivity index (χ1) is 16.5. The van der Waals surface area contributed by atoms with Crippen LogP contribution in [0.15, 0.2) is 86.7 Å². The maximum absolute atomic E-state index is 13.5. The molecule has 3 aliphatic heterocycles. The highest BCUT2D eigenvalue weighted by atomic mass is 32.2. The van der Waals surface area contributed by atoms with Gasteiger partial charge in [0.1, 0.15) is 17.8 Å². The van der Waals surface area contributed by atoms with Gasteiger partial charge >= 0.3 is 5.69 Å². The van der Waals surface area contributed by atoms with Crippen LogP contribution >= 0.6 is 11.8 Å². The fraction of sp³-hybridized carbons (Fsp3) is 0.125. The number of nitrogens with zero attached hydrogens (tertiary/aromatic N) is 5. The zero-order valence-corrected chi connectivity index (χ0v) is 18.9. The van der Waals surface area contributed by atoms with Crippen molar-refractivity contribution in [3.63, 3.8) is 0 Å². The Bertz CT molecular complexity index is 1460. The highest BCUT2D eigenvalue weighted by Crippen LogP contribution is 2.47. The van der Waals surface area contributed by atoms with E-state index in [0.29, 0.717) is 33.6 Å². The summed E-state index contributed by atoms with van der Waals surface area (Å²) in [5.74, 6) is -0.225. The fourth-order valence-electron chi connectivity index (χ4n) is 4.47. The van der Waals surface area contributed by atoms with Crippen molar-refractivity contribution in [3.8, 4) is 0 Å². The number of nitrogen functional groups attached to an aromatic ring is 1. The summed E-state index contributed by atoms with van der Waals surface area (Å²) in [6.45, 7) is 1.82. The Morgan fingerprint density at radius 2 is 1.74 bits per heavy atom. The highest BCUT2D eigenvalue weighted by Gasteiger charge is 2.45. The Morgan fingerprint density at radius 1 is 1.03 bits per heavy atom. The van der Waals surface area contributed by atoms with E-state index in [0.717, 1.165) is 5.56 Å². The van der Waals surface area contributed by atoms with Gasteiger partial charge in [-0.2, -0.15) is 15.1 Å². The molecule has 168 valence electrons. The number of fused-ring (bicyclic) bond motifs is 3. The molecule has 9 nitrogen and oxygen atoms in total. The van der Waals surface area contributed by atoms with E-state index in [1.54, 1.807) is 4.90 Å². The summed E-state index contributed by atoms with van der Waals surface area (Å²) in [5, 5.41) is 8.45. The van der Waals surface area contributed by atoms with Crippen molar-refractivity contribution in [2.24, 2.45) is 16.0 Å². The molecule has 34 heavy (non-hydrogen) atoms. The van der Waals surface area contributed by atoms with Gasteiger partial charge in [-0.1, -0.05) is 60.3 Å². The monoisotopic (exact) mass is 469 g/mol. The molecule has 0 radical (unpaired) electrons. The summed E-state index contributed by atoms with van der Waals surface area (Å²) in [6, 6.07) is 18.6. The van der Waals surface area contributed by atoms with Crippen LogP contribution in [0.1, 0.15) is 24.1 Å². The van der Waals surface area contributed by atoms with Gasteiger partial charge < -0.3 is 5.73 Å². The molecule has 3 aromatic rings. The van der Waals surface area contributed by atoms with Gasteiger partial charge in [0.2, 0.25) is 0 Å². The number of hydrogen-bond acceptors (Lipinski definition) is 8. The number of thioether (sulfide) groups is 1. The molecule has 3 aliphatic rings. The molecule has 0 aliphatic carbocycles. The van der Waals surface area contributed by atoms with E-state index in [-0.39, 0.29) is 11.7 Å². The molecule has 1 amide bonds. The van der Waals surface area contributed by atoms with Gasteiger partial charge in [-0.25, -0.2) is 9.79 Å². The van der Waals surface area contributed by atoms with E-state index in [1.165, 1.54) is 16.8 Å². The van der Waals surface area contributed by atoms with Crippen LogP contribution in [-0.4, -0.2) is 26.8 Å². The summed E-state index contributed by atoms with van der Waals surface area (Å²) in [6.07, 6.45) is 0. The van der Waals surface area contributed by atoms with Crippen LogP contribution in [0.3, 0.4) is 0 Å². The number of amides is 1. The molecule has 6 rings (SSSR count). The molecule has 2 atom stereocenters. The number of H-pyrrole nitrogens is 1. The lowest BCUT2D eigenvalue weighted by atomic mass is 9.96. The average molecular weight is 470 g/mol. The summed E-state index contributed by atoms with van der Waals surface area (Å²) in [7, 11) is 0. The molecule has 2 aromatic carbocycles. The number of rotatable bonds is 3. The van der Waals surface area contributed by atoms with Crippen LogP contribution < -0.4 is 21.3 Å². The Kier molecular flexibility index (Phi) is 4.63. The first-order valence-electron chi connectivity index (χ1n) is 10.7. The smallest absolute Gasteiger partial charge is 0.348 e. The minimum absolute atomic E-state index is 0.179. The lowest BCUT2D eigenvalue weighted by Crippen LogP contribution is -2.39. The van der Waals surface area contributed by atoms with E-state index in [9.17, 15) is 9.59 Å². The number of carbonyl (C=O) groups is 1. The maximum atomic E-state index is 13.5. The normalized spacial score (nSPS) is 21.1. The van der Waals surface area contributed by atoms with Crippen molar-refractivity contribution < 1.29 is 4.79 Å². The Labute approximate surface area is 198 Å². The molecule has 3 N–H and O–H groups in total. The van der Waals surface area contributed by atoms with Crippen molar-refractivity contribution in [1.29, 1.82) is 0 Å². The SMILES string of the molecule is CC1=NN(c2ccccc2)C(=O)C1C1=CSC2=NC(c3ccccc3)c3c(nc(=O)[nH]c3N)N12. The summed E-state index contributed by atoms with van der Waals surface area (Å²) in [5.41, 5.74) is 9.24. The second-order valence-electron chi connectivity index (χ2n) is 8.07. The third-order valence-corrected chi connectivity index (χ3v) is 6.84. The van der Waals surface area contributed by atoms with Gasteiger partial charge in [0.15, 0.2) is 11.0 Å². The van der Waals surface area contributed by atoms with E-state index in [1.807, 2.05) is 73.0 Å². The van der Waals surface area contributed by atoms with E-state index < -0.39 is 17.6 Å². The number of hydrogen-bond donors (Lipinski definition) is 2. The second-order valence-corrected chi connectivity index (χ2v) is 8.91. The standard InChI is InChI=1S/C24H19N7O2S/c1-13-17(22(32)31(29-13)15-10-6-3-7-11-15)16-12-34-24-26-19(14-8-4-2-5-9-14)18-20(25)27-23(33)28-21(18)30(16)24/h2-12,17,19H,1H3,(H3,25,27,28,33). The second kappa shape index (κ2) is 7.70. The minimum Gasteiger partial charge on any atom is -0.385 e. The van der Waals surface area contributed by atoms with Crippen molar-refractivity contribution in [1.82, 2.24) is 9.97 Å². The van der Waals surface area contributed by atoms with E-state index >= 15 is 0 Å². The molecule has 0 saturated heterocycles. The number of anilines is 3. The average Bonchev–Trinajstić information content (AvgIpc) is 3.39. The van der Waals surface area contributed by atoms with Gasteiger partial charge in [-0.05, 0) is 24.6 Å². The molecule has 0 bridgehead atoms. The molecule has 4 heterocycles. The fourth-order valence-corrected chi connectivity index (χ4v) is 5.40. The van der Waals surface area contributed by atoms with Gasteiger partial charge in [-0.15, -0.1) is 0 Å². The summed E-state index contributed by atoms with van der Waals surface area (Å²) in [4.78, 5) is 39.4. The summed E-state index contributed by atoms with van der Waals surface area (Å²) >= 11 is 1.39. The van der Waals surface area contributed by atoms with E-state index in [4.69, 9.17) is 10.7 Å². The number of para-hydroxylation sites is 1. The summed E-state index contributed by atoms with van der Waals surface area (Å²) < 4.78 is 0. The molecule has 10 heteroatoms. The molecule has 0 fully saturated rings. The van der Waals surface area contributed by atoms with Gasteiger partial charge in [0.05, 0.1) is 22.7 Å². The molecule has 0 spiro atoms. The number of carbonyl (C=O) groups excluding carboxylic acids is 1. The minimum atomic E-state index is -0.635. The lowest BCUT2D eigenvalue weighted by molar-refractivity contribution is -0.119. The molecule has 1 aromatic heterocycles. The zero-order chi connectivity index (χ0) is 23.4. The molecule has 2 unspecified atom stereocenters. The molecular formula is C24H19N7O2S. The number of nitrogens with two attached hydrogens (primary N) is 1. The third-order valence-electron chi connectivity index (χ3n) is 5.98. The highest BCUT2D eigenvalue weighted by molar-refractivity contribution is 8.17. The van der Waals surface area contributed by atoms with Crippen LogP contribution in [0.2, 0.25) is 0 Å². The predicted molar refractivity (Wildman–Crippen MR) is 134 cm³/mol. The van der Waals surface area contributed by atoms with Gasteiger partial charge in [0, 0.05) is 5.41 Å². The van der Waals surface area contributed by atoms with Crippen LogP contribution in [0.25, 0.3) is 0 Å². The Morgan fingerprint density at radius 3 is 2.47 bits per heavy atom. The maximum Gasteiger partial charge on any atom is 0.348 e. The predicted octanol–water partition coefficient (Wildman–Crippen LogP) is 3.24. The number of aromatic nitrogens is 2. The number of amidine groups is 1. The van der Waals surface area contributed by atoms with Crippen molar-refractivity contribution in [3.05, 3.63) is 93.4 Å². The van der Waals surface area contributed by atoms with Crippen LogP contribution in [0, 0.1) is 5.92 Å². The number of nitrogens with one attached hydrogen (secondary N) is 1. The zero-order valence-electron chi connectivity index (χ0n) is 18.0. The topological polar surface area (TPSA) is 120 Å². The van der Waals surface area contributed by atoms with Crippen LogP contribution in [-0.2, 0) is 4.79 Å². The number of aliphatic imine (C=N–C) groups is 1. The van der Waals surface area contributed by atoms with Gasteiger partial charge in [-0.3, -0.25) is 14.7 Å². The molecular weight excluding hydrogens is 450 g/mol. The number of hydrazone groups is 1. The quantitative estimate of drug-likeness (QED) is 0.608. The van der Waals surface area contributed by atoms with E-state index in [2.05, 4.69) is 15.1 Å². The first kappa shape index (κ1) is 20.4. The number of aromatic amines is 1.